The average Bonchev–Trinajstić information content (AvgIpc) is 2.59. The second kappa shape index (κ2) is 8.42. The fourth-order valence-corrected chi connectivity index (χ4v) is 4.35. The van der Waals surface area contributed by atoms with Gasteiger partial charge in [-0.3, -0.25) is 4.79 Å². The Labute approximate surface area is 152 Å². The minimum atomic E-state index is -3.66. The smallest absolute Gasteiger partial charge is 0.243 e. The van der Waals surface area contributed by atoms with Gasteiger partial charge in [-0.05, 0) is 30.8 Å². The maximum Gasteiger partial charge on any atom is 0.243 e. The fraction of sp³-hybridized carbons (Fsp3) is 0.562. The van der Waals surface area contributed by atoms with E-state index in [1.54, 1.807) is 36.1 Å². The van der Waals surface area contributed by atoms with Gasteiger partial charge < -0.3 is 9.80 Å². The van der Waals surface area contributed by atoms with Gasteiger partial charge >= 0.3 is 0 Å². The second-order valence-electron chi connectivity index (χ2n) is 5.70. The van der Waals surface area contributed by atoms with E-state index in [4.69, 9.17) is 0 Å². The molecule has 0 aliphatic carbocycles. The molecule has 134 valence electrons. The molecule has 0 atom stereocenters. The lowest BCUT2D eigenvalue weighted by Gasteiger charge is -2.35. The maximum atomic E-state index is 12.7. The molecule has 1 fully saturated rings. The molecule has 1 aliphatic heterocycles. The Bertz CT molecular complexity index is 656. The molecule has 0 saturated carbocycles. The number of benzene rings is 1. The van der Waals surface area contributed by atoms with Gasteiger partial charge in [-0.1, -0.05) is 29.8 Å². The van der Waals surface area contributed by atoms with E-state index in [1.807, 2.05) is 0 Å². The monoisotopic (exact) mass is 417 g/mol. The Kier molecular flexibility index (Phi) is 6.79. The fourth-order valence-electron chi connectivity index (χ4n) is 2.69. The molecule has 1 saturated heterocycles. The summed E-state index contributed by atoms with van der Waals surface area (Å²) in [4.78, 5) is 16.7. The number of sulfonamides is 1. The molecule has 0 aromatic heterocycles. The molecule has 6 nitrogen and oxygen atoms in total. The van der Waals surface area contributed by atoms with Gasteiger partial charge in [0.25, 0.3) is 0 Å². The second-order valence-corrected chi connectivity index (χ2v) is 8.55. The summed E-state index contributed by atoms with van der Waals surface area (Å²) in [5.41, 5.74) is 0. The molecule has 2 rings (SSSR count). The highest BCUT2D eigenvalue weighted by molar-refractivity contribution is 9.10. The number of carbonyl (C=O) groups excluding carboxylic acids is 1. The molecule has 1 aromatic carbocycles. The number of halogens is 1. The van der Waals surface area contributed by atoms with Crippen LogP contribution in [0.5, 0.6) is 0 Å². The third kappa shape index (κ3) is 4.56. The van der Waals surface area contributed by atoms with Crippen molar-refractivity contribution in [3.63, 3.8) is 0 Å². The normalized spacial score (nSPS) is 16.6. The molecule has 0 radical (unpaired) electrons. The van der Waals surface area contributed by atoms with Crippen molar-refractivity contribution in [2.24, 2.45) is 0 Å². The molecule has 24 heavy (non-hydrogen) atoms. The molecule has 1 amide bonds. The van der Waals surface area contributed by atoms with Crippen LogP contribution in [-0.4, -0.2) is 74.2 Å². The first-order chi connectivity index (χ1) is 11.4. The summed E-state index contributed by atoms with van der Waals surface area (Å²) in [5.74, 6) is -0.131. The zero-order chi connectivity index (χ0) is 17.7. The first kappa shape index (κ1) is 19.4. The predicted octanol–water partition coefficient (Wildman–Crippen LogP) is 1.62. The molecule has 1 heterocycles. The van der Waals surface area contributed by atoms with E-state index in [0.717, 1.165) is 24.1 Å². The summed E-state index contributed by atoms with van der Waals surface area (Å²) in [6.07, 6.45) is 0. The van der Waals surface area contributed by atoms with Crippen LogP contribution in [0.4, 0.5) is 0 Å². The summed E-state index contributed by atoms with van der Waals surface area (Å²) < 4.78 is 27.5. The zero-order valence-electron chi connectivity index (χ0n) is 14.1. The van der Waals surface area contributed by atoms with Crippen molar-refractivity contribution in [1.82, 2.24) is 14.1 Å². The van der Waals surface area contributed by atoms with E-state index in [0.29, 0.717) is 13.1 Å². The molecule has 8 heteroatoms. The Morgan fingerprint density at radius 1 is 1.12 bits per heavy atom. The van der Waals surface area contributed by atoms with Crippen molar-refractivity contribution in [2.75, 3.05) is 45.8 Å². The van der Waals surface area contributed by atoms with E-state index < -0.39 is 10.0 Å². The SMILES string of the molecule is CCN1CCN(C(=O)CN(CC)S(=O)(=O)c2ccc(Br)cc2)CC1. The van der Waals surface area contributed by atoms with E-state index in [9.17, 15) is 13.2 Å². The lowest BCUT2D eigenvalue weighted by Crippen LogP contribution is -2.51. The molecule has 0 N–H and O–H groups in total. The van der Waals surface area contributed by atoms with Gasteiger partial charge in [0.1, 0.15) is 0 Å². The lowest BCUT2D eigenvalue weighted by molar-refractivity contribution is -0.133. The average molecular weight is 418 g/mol. The number of nitrogens with zero attached hydrogens (tertiary/aromatic N) is 3. The van der Waals surface area contributed by atoms with E-state index in [1.165, 1.54) is 4.31 Å². The minimum Gasteiger partial charge on any atom is -0.339 e. The van der Waals surface area contributed by atoms with Crippen LogP contribution in [0, 0.1) is 0 Å². The van der Waals surface area contributed by atoms with Crippen molar-refractivity contribution in [3.8, 4) is 0 Å². The molecular formula is C16H24BrN3O3S. The Hall–Kier alpha value is -0.960. The summed E-state index contributed by atoms with van der Waals surface area (Å²) >= 11 is 3.30. The van der Waals surface area contributed by atoms with Crippen molar-refractivity contribution < 1.29 is 13.2 Å². The highest BCUT2D eigenvalue weighted by Crippen LogP contribution is 2.19. The van der Waals surface area contributed by atoms with Gasteiger partial charge in [0.05, 0.1) is 11.4 Å². The highest BCUT2D eigenvalue weighted by atomic mass is 79.9. The van der Waals surface area contributed by atoms with Crippen LogP contribution in [-0.2, 0) is 14.8 Å². The number of rotatable bonds is 6. The van der Waals surface area contributed by atoms with Gasteiger partial charge in [0.15, 0.2) is 0 Å². The minimum absolute atomic E-state index is 0.110. The summed E-state index contributed by atoms with van der Waals surface area (Å²) in [6, 6.07) is 6.47. The number of piperazine rings is 1. The van der Waals surface area contributed by atoms with Crippen LogP contribution in [0.25, 0.3) is 0 Å². The Morgan fingerprint density at radius 3 is 2.21 bits per heavy atom. The number of likely N-dealkylation sites (N-methyl/N-ethyl adjacent to an activating group) is 2. The Morgan fingerprint density at radius 2 is 1.71 bits per heavy atom. The zero-order valence-corrected chi connectivity index (χ0v) is 16.5. The summed E-state index contributed by atoms with van der Waals surface area (Å²) in [5, 5.41) is 0. The molecule has 0 spiro atoms. The number of hydrogen-bond acceptors (Lipinski definition) is 4. The lowest BCUT2D eigenvalue weighted by atomic mass is 10.3. The van der Waals surface area contributed by atoms with Gasteiger partial charge in [-0.25, -0.2) is 8.42 Å². The van der Waals surface area contributed by atoms with Crippen molar-refractivity contribution in [1.29, 1.82) is 0 Å². The van der Waals surface area contributed by atoms with Crippen LogP contribution in [0.3, 0.4) is 0 Å². The van der Waals surface area contributed by atoms with Gasteiger partial charge in [-0.15, -0.1) is 0 Å². The third-order valence-electron chi connectivity index (χ3n) is 4.29. The number of amides is 1. The van der Waals surface area contributed by atoms with E-state index >= 15 is 0 Å². The van der Waals surface area contributed by atoms with Crippen LogP contribution in [0.1, 0.15) is 13.8 Å². The van der Waals surface area contributed by atoms with Crippen LogP contribution < -0.4 is 0 Å². The highest BCUT2D eigenvalue weighted by Gasteiger charge is 2.28. The summed E-state index contributed by atoms with van der Waals surface area (Å²) in [7, 11) is -3.66. The molecule has 1 aliphatic rings. The number of carbonyl (C=O) groups is 1. The van der Waals surface area contributed by atoms with E-state index in [2.05, 4.69) is 27.8 Å². The largest absolute Gasteiger partial charge is 0.339 e. The predicted molar refractivity (Wildman–Crippen MR) is 97.3 cm³/mol. The first-order valence-electron chi connectivity index (χ1n) is 8.14. The van der Waals surface area contributed by atoms with Crippen LogP contribution in [0.15, 0.2) is 33.6 Å². The third-order valence-corrected chi connectivity index (χ3v) is 6.75. The van der Waals surface area contributed by atoms with Gasteiger partial charge in [0.2, 0.25) is 15.9 Å². The number of hydrogen-bond donors (Lipinski definition) is 0. The Balaban J connectivity index is 2.05. The quantitative estimate of drug-likeness (QED) is 0.705. The van der Waals surface area contributed by atoms with Gasteiger partial charge in [-0.2, -0.15) is 4.31 Å². The van der Waals surface area contributed by atoms with Crippen molar-refractivity contribution >= 4 is 31.9 Å². The molecule has 1 aromatic rings. The van der Waals surface area contributed by atoms with Crippen molar-refractivity contribution in [3.05, 3.63) is 28.7 Å². The standard InChI is InChI=1S/C16H24BrN3O3S/c1-3-18-9-11-19(12-10-18)16(21)13-20(4-2)24(22,23)15-7-5-14(17)6-8-15/h5-8H,3-4,9-13H2,1-2H3. The van der Waals surface area contributed by atoms with Crippen LogP contribution >= 0.6 is 15.9 Å². The first-order valence-corrected chi connectivity index (χ1v) is 10.4. The molecule has 0 bridgehead atoms. The molecule has 0 unspecified atom stereocenters. The molecular weight excluding hydrogens is 394 g/mol. The van der Waals surface area contributed by atoms with Crippen LogP contribution in [0.2, 0.25) is 0 Å². The van der Waals surface area contributed by atoms with Crippen molar-refractivity contribution in [2.45, 2.75) is 18.7 Å². The summed E-state index contributed by atoms with van der Waals surface area (Å²) in [6.45, 7) is 7.97. The topological polar surface area (TPSA) is 60.9 Å². The van der Waals surface area contributed by atoms with Gasteiger partial charge in [0, 0.05) is 37.2 Å². The van der Waals surface area contributed by atoms with E-state index in [-0.39, 0.29) is 23.9 Å². The maximum absolute atomic E-state index is 12.7.